The molecule has 4 aliphatic rings. The minimum absolute atomic E-state index is 0.0262. The SMILES string of the molecule is O=C1C2CN3CC(C(=S)Nc4ccc5c(c4)OCO5)[N+]2(C3)C(=O)N1c1cccc2ccccc12. The smallest absolute Gasteiger partial charge is 0.433 e. The maximum atomic E-state index is 14.1. The van der Waals surface area contributed by atoms with E-state index < -0.39 is 6.04 Å². The molecular formula is C25H21N4O4S+. The standard InChI is InChI=1S/C25H20N4O4S/c30-24-20-12-27-11-19(23(34)26-16-8-9-21-22(10-16)33-14-32-21)29(20,13-27)25(31)28(24)18-7-3-5-15-4-1-2-6-17(15)18/h1-10,19-20H,11-14H2/p+1. The number of urea groups is 1. The number of hydrogen-bond donors (Lipinski definition) is 1. The van der Waals surface area contributed by atoms with Gasteiger partial charge in [0.1, 0.15) is 11.7 Å². The number of imide groups is 1. The molecule has 2 bridgehead atoms. The Kier molecular flexibility index (Phi) is 4.09. The molecule has 7 rings (SSSR count). The molecular weight excluding hydrogens is 452 g/mol. The van der Waals surface area contributed by atoms with E-state index in [1.54, 1.807) is 0 Å². The quantitative estimate of drug-likeness (QED) is 0.356. The third kappa shape index (κ3) is 2.57. The van der Waals surface area contributed by atoms with E-state index in [0.717, 1.165) is 16.5 Å². The van der Waals surface area contributed by atoms with Crippen molar-refractivity contribution >= 4 is 51.3 Å². The second kappa shape index (κ2) is 6.99. The summed E-state index contributed by atoms with van der Waals surface area (Å²) in [7, 11) is 0. The van der Waals surface area contributed by atoms with E-state index in [1.165, 1.54) is 4.90 Å². The lowest BCUT2D eigenvalue weighted by molar-refractivity contribution is -0.851. The Balaban J connectivity index is 1.24. The first-order valence-electron chi connectivity index (χ1n) is 11.2. The van der Waals surface area contributed by atoms with Crippen LogP contribution >= 0.6 is 12.2 Å². The van der Waals surface area contributed by atoms with E-state index in [9.17, 15) is 9.59 Å². The van der Waals surface area contributed by atoms with Gasteiger partial charge < -0.3 is 14.8 Å². The molecule has 4 aliphatic heterocycles. The second-order valence-electron chi connectivity index (χ2n) is 9.15. The maximum Gasteiger partial charge on any atom is 0.433 e. The highest BCUT2D eigenvalue weighted by Gasteiger charge is 2.73. The van der Waals surface area contributed by atoms with Crippen LogP contribution in [0.4, 0.5) is 16.2 Å². The van der Waals surface area contributed by atoms with Gasteiger partial charge >= 0.3 is 6.03 Å². The van der Waals surface area contributed by atoms with Gasteiger partial charge in [-0.3, -0.25) is 4.79 Å². The summed E-state index contributed by atoms with van der Waals surface area (Å²) in [6.45, 7) is 1.89. The van der Waals surface area contributed by atoms with Gasteiger partial charge in [-0.2, -0.15) is 4.90 Å². The van der Waals surface area contributed by atoms with Gasteiger partial charge in [-0.25, -0.2) is 14.2 Å². The molecule has 4 atom stereocenters. The van der Waals surface area contributed by atoms with Gasteiger partial charge in [-0.15, -0.1) is 0 Å². The predicted octanol–water partition coefficient (Wildman–Crippen LogP) is 3.32. The molecule has 0 aliphatic carbocycles. The van der Waals surface area contributed by atoms with Crippen molar-refractivity contribution in [3.05, 3.63) is 60.7 Å². The van der Waals surface area contributed by atoms with E-state index in [-0.39, 0.29) is 29.3 Å². The lowest BCUT2D eigenvalue weighted by Crippen LogP contribution is -2.63. The lowest BCUT2D eigenvalue weighted by atomic mass is 10.1. The largest absolute Gasteiger partial charge is 0.454 e. The van der Waals surface area contributed by atoms with E-state index in [4.69, 9.17) is 21.7 Å². The summed E-state index contributed by atoms with van der Waals surface area (Å²) in [4.78, 5) is 31.8. The van der Waals surface area contributed by atoms with Crippen molar-refractivity contribution in [2.75, 3.05) is 36.8 Å². The minimum Gasteiger partial charge on any atom is -0.454 e. The fourth-order valence-electron chi connectivity index (χ4n) is 5.86. The van der Waals surface area contributed by atoms with Crippen LogP contribution in [-0.2, 0) is 4.79 Å². The van der Waals surface area contributed by atoms with Gasteiger partial charge in [0.2, 0.25) is 6.79 Å². The number of fused-ring (bicyclic) bond motifs is 3. The maximum absolute atomic E-state index is 14.1. The second-order valence-corrected chi connectivity index (χ2v) is 9.59. The first kappa shape index (κ1) is 19.9. The molecule has 0 aromatic heterocycles. The summed E-state index contributed by atoms with van der Waals surface area (Å²) in [6, 6.07) is 18.1. The Labute approximate surface area is 200 Å². The number of carbonyl (C=O) groups is 2. The summed E-state index contributed by atoms with van der Waals surface area (Å²) >= 11 is 5.82. The molecule has 3 saturated heterocycles. The fraction of sp³-hybridized carbons (Fsp3) is 0.240. The van der Waals surface area contributed by atoms with Crippen molar-refractivity contribution in [1.29, 1.82) is 0 Å². The van der Waals surface area contributed by atoms with Crippen LogP contribution in [0.3, 0.4) is 0 Å². The first-order valence-corrected chi connectivity index (χ1v) is 11.6. The molecule has 3 amide bonds. The Morgan fingerprint density at radius 3 is 2.74 bits per heavy atom. The summed E-state index contributed by atoms with van der Waals surface area (Å²) in [5.74, 6) is 1.20. The number of ether oxygens (including phenoxy) is 2. The fourth-order valence-corrected chi connectivity index (χ4v) is 6.25. The van der Waals surface area contributed by atoms with Crippen molar-refractivity contribution in [1.82, 2.24) is 4.90 Å². The van der Waals surface area contributed by atoms with Gasteiger partial charge in [-0.05, 0) is 23.6 Å². The zero-order valence-corrected chi connectivity index (χ0v) is 19.0. The van der Waals surface area contributed by atoms with Crippen LogP contribution in [0, 0.1) is 0 Å². The average molecular weight is 474 g/mol. The van der Waals surface area contributed by atoms with Crippen molar-refractivity contribution in [2.24, 2.45) is 0 Å². The Morgan fingerprint density at radius 2 is 1.82 bits per heavy atom. The monoisotopic (exact) mass is 473 g/mol. The van der Waals surface area contributed by atoms with Crippen LogP contribution < -0.4 is 19.7 Å². The number of hydrogen-bond acceptors (Lipinski definition) is 6. The highest BCUT2D eigenvalue weighted by atomic mass is 32.1. The molecule has 9 heteroatoms. The van der Waals surface area contributed by atoms with Gasteiger partial charge in [-0.1, -0.05) is 48.6 Å². The molecule has 170 valence electrons. The number of rotatable bonds is 3. The van der Waals surface area contributed by atoms with Gasteiger partial charge in [0.15, 0.2) is 23.6 Å². The number of thiocarbonyl (C=S) groups is 1. The van der Waals surface area contributed by atoms with E-state index in [1.807, 2.05) is 60.7 Å². The molecule has 0 saturated carbocycles. The van der Waals surface area contributed by atoms with Crippen LogP contribution in [-0.4, -0.2) is 64.9 Å². The third-order valence-electron chi connectivity index (χ3n) is 7.41. The van der Waals surface area contributed by atoms with Gasteiger partial charge in [0.05, 0.1) is 18.8 Å². The van der Waals surface area contributed by atoms with Crippen LogP contribution in [0.5, 0.6) is 11.5 Å². The number of carbonyl (C=O) groups excluding carboxylic acids is 2. The van der Waals surface area contributed by atoms with E-state index in [0.29, 0.717) is 41.9 Å². The van der Waals surface area contributed by atoms with Crippen molar-refractivity contribution in [3.63, 3.8) is 0 Å². The van der Waals surface area contributed by atoms with Crippen LogP contribution in [0.15, 0.2) is 60.7 Å². The van der Waals surface area contributed by atoms with E-state index >= 15 is 0 Å². The van der Waals surface area contributed by atoms with Crippen LogP contribution in [0.25, 0.3) is 10.8 Å². The third-order valence-corrected chi connectivity index (χ3v) is 7.79. The Hall–Kier alpha value is -3.53. The number of nitrogens with zero attached hydrogens (tertiary/aromatic N) is 3. The summed E-state index contributed by atoms with van der Waals surface area (Å²) < 4.78 is 10.9. The topological polar surface area (TPSA) is 71.1 Å². The number of amides is 3. The lowest BCUT2D eigenvalue weighted by Gasteiger charge is -2.34. The minimum atomic E-state index is -0.457. The molecule has 0 radical (unpaired) electrons. The highest BCUT2D eigenvalue weighted by molar-refractivity contribution is 7.80. The molecule has 4 unspecified atom stereocenters. The van der Waals surface area contributed by atoms with Crippen molar-refractivity contribution < 1.29 is 23.5 Å². The number of quaternary nitrogens is 1. The zero-order chi connectivity index (χ0) is 23.0. The van der Waals surface area contributed by atoms with E-state index in [2.05, 4.69) is 10.2 Å². The molecule has 3 fully saturated rings. The van der Waals surface area contributed by atoms with Gasteiger partial charge in [0.25, 0.3) is 5.91 Å². The highest BCUT2D eigenvalue weighted by Crippen LogP contribution is 2.45. The Morgan fingerprint density at radius 1 is 1.00 bits per heavy atom. The number of piperazine rings is 1. The molecule has 3 aromatic carbocycles. The molecule has 4 heterocycles. The molecule has 8 nitrogen and oxygen atoms in total. The number of nitrogens with one attached hydrogen (secondary N) is 1. The van der Waals surface area contributed by atoms with Gasteiger partial charge in [0, 0.05) is 17.1 Å². The molecule has 3 aromatic rings. The Bertz CT molecular complexity index is 1410. The normalized spacial score (nSPS) is 28.6. The van der Waals surface area contributed by atoms with Crippen LogP contribution in [0.2, 0.25) is 0 Å². The molecule has 34 heavy (non-hydrogen) atoms. The summed E-state index contributed by atoms with van der Waals surface area (Å²) in [5, 5.41) is 5.18. The van der Waals surface area contributed by atoms with Crippen molar-refractivity contribution in [2.45, 2.75) is 12.1 Å². The summed E-state index contributed by atoms with van der Waals surface area (Å²) in [5.41, 5.74) is 1.41. The van der Waals surface area contributed by atoms with Crippen LogP contribution in [0.1, 0.15) is 0 Å². The summed E-state index contributed by atoms with van der Waals surface area (Å²) in [6.07, 6.45) is 0. The number of anilines is 2. The zero-order valence-electron chi connectivity index (χ0n) is 18.1. The predicted molar refractivity (Wildman–Crippen MR) is 130 cm³/mol. The molecule has 1 spiro atoms. The number of benzene rings is 3. The van der Waals surface area contributed by atoms with Crippen molar-refractivity contribution in [3.8, 4) is 11.5 Å². The first-order chi connectivity index (χ1) is 16.6. The average Bonchev–Trinajstić information content (AvgIpc) is 3.60. The molecule has 1 N–H and O–H groups in total.